The number of rotatable bonds is 4. The second-order valence-corrected chi connectivity index (χ2v) is 4.94. The summed E-state index contributed by atoms with van der Waals surface area (Å²) >= 11 is 5.96. The zero-order chi connectivity index (χ0) is 12.4. The molecule has 1 aliphatic heterocycles. The smallest absolute Gasteiger partial charge is 0.160 e. The number of alkyl halides is 1. The van der Waals surface area contributed by atoms with Crippen molar-refractivity contribution in [1.29, 1.82) is 0 Å². The van der Waals surface area contributed by atoms with E-state index in [1.807, 2.05) is 12.1 Å². The Hall–Kier alpha value is -1.13. The molecule has 1 unspecified atom stereocenters. The molecule has 1 saturated heterocycles. The van der Waals surface area contributed by atoms with Crippen LogP contribution in [0.15, 0.2) is 18.3 Å². The first-order valence-electron chi connectivity index (χ1n) is 6.32. The van der Waals surface area contributed by atoms with Crippen molar-refractivity contribution in [2.75, 3.05) is 13.2 Å². The quantitative estimate of drug-likeness (QED) is 0.798. The SMILES string of the molecule is ClCc1nc2cccnc2n1CCC1CCOC1. The number of ether oxygens (including phenoxy) is 1. The lowest BCUT2D eigenvalue weighted by Gasteiger charge is -2.10. The van der Waals surface area contributed by atoms with E-state index < -0.39 is 0 Å². The standard InChI is InChI=1S/C13H16ClN3O/c14-8-12-16-11-2-1-5-15-13(11)17(12)6-3-10-4-7-18-9-10/h1-2,5,10H,3-4,6-9H2. The van der Waals surface area contributed by atoms with Gasteiger partial charge in [-0.1, -0.05) is 0 Å². The molecule has 0 aliphatic carbocycles. The Morgan fingerprint density at radius 1 is 1.50 bits per heavy atom. The molecule has 5 heteroatoms. The number of nitrogens with zero attached hydrogens (tertiary/aromatic N) is 3. The first-order chi connectivity index (χ1) is 8.88. The highest BCUT2D eigenvalue weighted by Gasteiger charge is 2.17. The molecular weight excluding hydrogens is 250 g/mol. The van der Waals surface area contributed by atoms with Gasteiger partial charge in [0.05, 0.1) is 5.88 Å². The Labute approximate surface area is 111 Å². The Bertz CT molecular complexity index is 534. The van der Waals surface area contributed by atoms with Gasteiger partial charge in [0.1, 0.15) is 11.3 Å². The molecule has 4 nitrogen and oxygen atoms in total. The average molecular weight is 266 g/mol. The minimum absolute atomic E-state index is 0.428. The van der Waals surface area contributed by atoms with Gasteiger partial charge in [0.25, 0.3) is 0 Å². The van der Waals surface area contributed by atoms with Crippen LogP contribution in [-0.2, 0) is 17.2 Å². The molecule has 2 aromatic rings. The van der Waals surface area contributed by atoms with E-state index in [9.17, 15) is 0 Å². The number of aryl methyl sites for hydroxylation is 1. The van der Waals surface area contributed by atoms with Gasteiger partial charge in [-0.3, -0.25) is 0 Å². The number of halogens is 1. The molecule has 1 fully saturated rings. The third-order valence-corrected chi connectivity index (χ3v) is 3.73. The zero-order valence-electron chi connectivity index (χ0n) is 10.2. The molecule has 1 aliphatic rings. The van der Waals surface area contributed by atoms with Crippen LogP contribution < -0.4 is 0 Å². The van der Waals surface area contributed by atoms with Crippen molar-refractivity contribution >= 4 is 22.8 Å². The van der Waals surface area contributed by atoms with E-state index in [2.05, 4.69) is 14.5 Å². The minimum atomic E-state index is 0.428. The predicted molar refractivity (Wildman–Crippen MR) is 70.6 cm³/mol. The second kappa shape index (κ2) is 5.24. The summed E-state index contributed by atoms with van der Waals surface area (Å²) in [4.78, 5) is 8.92. The van der Waals surface area contributed by atoms with Gasteiger partial charge in [-0.15, -0.1) is 11.6 Å². The predicted octanol–water partition coefficient (Wildman–Crippen LogP) is 2.60. The van der Waals surface area contributed by atoms with Gasteiger partial charge in [0.2, 0.25) is 0 Å². The van der Waals surface area contributed by atoms with Crippen LogP contribution in [0.5, 0.6) is 0 Å². The van der Waals surface area contributed by atoms with Gasteiger partial charge < -0.3 is 9.30 Å². The first-order valence-corrected chi connectivity index (χ1v) is 6.86. The summed E-state index contributed by atoms with van der Waals surface area (Å²) < 4.78 is 7.54. The number of pyridine rings is 1. The maximum Gasteiger partial charge on any atom is 0.160 e. The summed E-state index contributed by atoms with van der Waals surface area (Å²) in [6.07, 6.45) is 4.07. The van der Waals surface area contributed by atoms with E-state index in [1.54, 1.807) is 6.20 Å². The van der Waals surface area contributed by atoms with Gasteiger partial charge in [-0.2, -0.15) is 0 Å². The Morgan fingerprint density at radius 2 is 2.44 bits per heavy atom. The van der Waals surface area contributed by atoms with Gasteiger partial charge >= 0.3 is 0 Å². The number of aromatic nitrogens is 3. The van der Waals surface area contributed by atoms with E-state index in [0.717, 1.165) is 49.6 Å². The van der Waals surface area contributed by atoms with Gasteiger partial charge in [-0.25, -0.2) is 9.97 Å². The fourth-order valence-corrected chi connectivity index (χ4v) is 2.67. The van der Waals surface area contributed by atoms with E-state index in [-0.39, 0.29) is 0 Å². The number of fused-ring (bicyclic) bond motifs is 1. The first kappa shape index (κ1) is 11.9. The summed E-state index contributed by atoms with van der Waals surface area (Å²) in [5.41, 5.74) is 1.86. The molecule has 96 valence electrons. The molecule has 0 aromatic carbocycles. The lowest BCUT2D eigenvalue weighted by atomic mass is 10.1. The third kappa shape index (κ3) is 2.22. The van der Waals surface area contributed by atoms with Crippen LogP contribution in [0, 0.1) is 5.92 Å². The highest BCUT2D eigenvalue weighted by atomic mass is 35.5. The van der Waals surface area contributed by atoms with Gasteiger partial charge in [0, 0.05) is 26.0 Å². The zero-order valence-corrected chi connectivity index (χ0v) is 10.9. The number of imidazole rings is 1. The molecular formula is C13H16ClN3O. The topological polar surface area (TPSA) is 39.9 Å². The van der Waals surface area contributed by atoms with Crippen molar-refractivity contribution in [2.24, 2.45) is 5.92 Å². The van der Waals surface area contributed by atoms with Crippen LogP contribution in [0.1, 0.15) is 18.7 Å². The van der Waals surface area contributed by atoms with E-state index >= 15 is 0 Å². The van der Waals surface area contributed by atoms with Crippen LogP contribution in [0.25, 0.3) is 11.2 Å². The number of hydrogen-bond donors (Lipinski definition) is 0. The molecule has 18 heavy (non-hydrogen) atoms. The summed E-state index contributed by atoms with van der Waals surface area (Å²) in [6.45, 7) is 2.70. The summed E-state index contributed by atoms with van der Waals surface area (Å²) in [5.74, 6) is 2.00. The third-order valence-electron chi connectivity index (χ3n) is 3.49. The summed E-state index contributed by atoms with van der Waals surface area (Å²) in [7, 11) is 0. The van der Waals surface area contributed by atoms with Crippen molar-refractivity contribution in [2.45, 2.75) is 25.3 Å². The van der Waals surface area contributed by atoms with Crippen molar-refractivity contribution in [3.63, 3.8) is 0 Å². The summed E-state index contributed by atoms with van der Waals surface area (Å²) in [6, 6.07) is 3.88. The molecule has 0 bridgehead atoms. The molecule has 2 aromatic heterocycles. The van der Waals surface area contributed by atoms with Crippen molar-refractivity contribution in [3.05, 3.63) is 24.2 Å². The van der Waals surface area contributed by atoms with Crippen LogP contribution in [0.2, 0.25) is 0 Å². The second-order valence-electron chi connectivity index (χ2n) is 4.68. The van der Waals surface area contributed by atoms with Crippen molar-refractivity contribution < 1.29 is 4.74 Å². The molecule has 0 radical (unpaired) electrons. The normalized spacial score (nSPS) is 19.7. The molecule has 3 heterocycles. The fourth-order valence-electron chi connectivity index (χ4n) is 2.47. The van der Waals surface area contributed by atoms with Crippen LogP contribution in [-0.4, -0.2) is 27.7 Å². The highest BCUT2D eigenvalue weighted by molar-refractivity contribution is 6.16. The van der Waals surface area contributed by atoms with E-state index in [1.165, 1.54) is 0 Å². The van der Waals surface area contributed by atoms with Crippen LogP contribution in [0.3, 0.4) is 0 Å². The highest BCUT2D eigenvalue weighted by Crippen LogP contribution is 2.20. The van der Waals surface area contributed by atoms with Crippen molar-refractivity contribution in [1.82, 2.24) is 14.5 Å². The Morgan fingerprint density at radius 3 is 3.22 bits per heavy atom. The van der Waals surface area contributed by atoms with Crippen molar-refractivity contribution in [3.8, 4) is 0 Å². The van der Waals surface area contributed by atoms with E-state index in [4.69, 9.17) is 16.3 Å². The van der Waals surface area contributed by atoms with Gasteiger partial charge in [-0.05, 0) is 30.9 Å². The summed E-state index contributed by atoms with van der Waals surface area (Å²) in [5, 5.41) is 0. The monoisotopic (exact) mass is 265 g/mol. The molecule has 0 spiro atoms. The molecule has 3 rings (SSSR count). The Kier molecular flexibility index (Phi) is 3.48. The molecule has 0 N–H and O–H groups in total. The minimum Gasteiger partial charge on any atom is -0.381 e. The van der Waals surface area contributed by atoms with Crippen LogP contribution >= 0.6 is 11.6 Å². The van der Waals surface area contributed by atoms with Crippen LogP contribution in [0.4, 0.5) is 0 Å². The molecule has 1 atom stereocenters. The lowest BCUT2D eigenvalue weighted by Crippen LogP contribution is -2.09. The maximum absolute atomic E-state index is 5.96. The van der Waals surface area contributed by atoms with Gasteiger partial charge in [0.15, 0.2) is 5.65 Å². The molecule has 0 saturated carbocycles. The van der Waals surface area contributed by atoms with E-state index in [0.29, 0.717) is 11.8 Å². The Balaban J connectivity index is 1.84. The average Bonchev–Trinajstić information content (AvgIpc) is 3.03. The largest absolute Gasteiger partial charge is 0.381 e. The number of hydrogen-bond acceptors (Lipinski definition) is 3. The molecule has 0 amide bonds. The maximum atomic E-state index is 5.96. The fraction of sp³-hybridized carbons (Fsp3) is 0.538. The lowest BCUT2D eigenvalue weighted by molar-refractivity contribution is 0.183.